The monoisotopic (exact) mass is 374 g/mol. The molecule has 27 heavy (non-hydrogen) atoms. The maximum absolute atomic E-state index is 12.0. The van der Waals surface area contributed by atoms with Crippen LogP contribution in [0.1, 0.15) is 32.8 Å². The van der Waals surface area contributed by atoms with Crippen molar-refractivity contribution in [3.05, 3.63) is 29.8 Å². The first-order valence-corrected chi connectivity index (χ1v) is 8.85. The third-order valence-electron chi connectivity index (χ3n) is 4.09. The van der Waals surface area contributed by atoms with Crippen LogP contribution >= 0.6 is 0 Å². The minimum absolute atomic E-state index is 0.186. The molecule has 7 heteroatoms. The summed E-state index contributed by atoms with van der Waals surface area (Å²) in [5.74, 6) is 2.44. The Balaban J connectivity index is 1.97. The molecular weight excluding hydrogens is 348 g/mol. The van der Waals surface area contributed by atoms with E-state index < -0.39 is 23.8 Å². The normalized spacial score (nSPS) is 19.9. The fourth-order valence-electron chi connectivity index (χ4n) is 2.83. The van der Waals surface area contributed by atoms with E-state index in [1.165, 1.54) is 4.90 Å². The Kier molecular flexibility index (Phi) is 6.70. The minimum Gasteiger partial charge on any atom is -0.465 e. The number of nitrogens with one attached hydrogen (secondary N) is 1. The summed E-state index contributed by atoms with van der Waals surface area (Å²) in [4.78, 5) is 24.6. The molecule has 0 aliphatic carbocycles. The van der Waals surface area contributed by atoms with Gasteiger partial charge >= 0.3 is 12.2 Å². The van der Waals surface area contributed by atoms with Crippen molar-refractivity contribution in [2.45, 2.75) is 51.4 Å². The molecule has 1 saturated heterocycles. The summed E-state index contributed by atoms with van der Waals surface area (Å²) in [5.41, 5.74) is 1.01. The Bertz CT molecular complexity index is 720. The molecule has 0 unspecified atom stereocenters. The average Bonchev–Trinajstić information content (AvgIpc) is 2.59. The van der Waals surface area contributed by atoms with E-state index in [1.54, 1.807) is 26.8 Å². The summed E-state index contributed by atoms with van der Waals surface area (Å²) >= 11 is 0. The second kappa shape index (κ2) is 8.78. The number of aryl methyl sites for hydroxylation is 1. The third-order valence-corrected chi connectivity index (χ3v) is 4.09. The Morgan fingerprint density at radius 2 is 2.11 bits per heavy atom. The van der Waals surface area contributed by atoms with Crippen LogP contribution < -0.4 is 5.32 Å². The van der Waals surface area contributed by atoms with Gasteiger partial charge in [-0.05, 0) is 45.2 Å². The quantitative estimate of drug-likeness (QED) is 0.789. The lowest BCUT2D eigenvalue weighted by Crippen LogP contribution is -2.51. The molecule has 7 nitrogen and oxygen atoms in total. The van der Waals surface area contributed by atoms with E-state index >= 15 is 0 Å². The van der Waals surface area contributed by atoms with Crippen molar-refractivity contribution in [2.75, 3.05) is 18.5 Å². The Labute approximate surface area is 159 Å². The van der Waals surface area contributed by atoms with Crippen molar-refractivity contribution in [2.24, 2.45) is 0 Å². The summed E-state index contributed by atoms with van der Waals surface area (Å²) in [7, 11) is 0. The second-order valence-electron chi connectivity index (χ2n) is 7.40. The van der Waals surface area contributed by atoms with Gasteiger partial charge in [-0.1, -0.05) is 24.1 Å². The number of nitrogens with zero attached hydrogens (tertiary/aromatic N) is 1. The number of hydrogen-bond donors (Lipinski definition) is 2. The van der Waals surface area contributed by atoms with Gasteiger partial charge in [-0.15, -0.1) is 6.42 Å². The second-order valence-corrected chi connectivity index (χ2v) is 7.40. The zero-order valence-corrected chi connectivity index (χ0v) is 15.9. The number of anilines is 1. The van der Waals surface area contributed by atoms with Crippen LogP contribution in [0.2, 0.25) is 0 Å². The predicted molar refractivity (Wildman–Crippen MR) is 102 cm³/mol. The van der Waals surface area contributed by atoms with Gasteiger partial charge in [0.15, 0.2) is 0 Å². The zero-order chi connectivity index (χ0) is 20.0. The molecule has 0 radical (unpaired) electrons. The van der Waals surface area contributed by atoms with Crippen LogP contribution in [0.3, 0.4) is 0 Å². The number of ether oxygens (including phenoxy) is 2. The number of carbonyl (C=O) groups is 2. The zero-order valence-electron chi connectivity index (χ0n) is 15.9. The maximum Gasteiger partial charge on any atom is 0.412 e. The number of carbonyl (C=O) groups excluding carboxylic acids is 1. The van der Waals surface area contributed by atoms with Gasteiger partial charge in [0.1, 0.15) is 11.6 Å². The maximum atomic E-state index is 12.0. The lowest BCUT2D eigenvalue weighted by atomic mass is 10.0. The summed E-state index contributed by atoms with van der Waals surface area (Å²) in [6.45, 7) is 5.82. The van der Waals surface area contributed by atoms with Crippen molar-refractivity contribution < 1.29 is 24.2 Å². The Hall–Kier alpha value is -2.72. The largest absolute Gasteiger partial charge is 0.465 e. The van der Waals surface area contributed by atoms with Crippen LogP contribution in [0.4, 0.5) is 15.3 Å². The summed E-state index contributed by atoms with van der Waals surface area (Å²) in [6, 6.07) is 6.87. The number of rotatable bonds is 4. The fourth-order valence-corrected chi connectivity index (χ4v) is 2.83. The van der Waals surface area contributed by atoms with Crippen molar-refractivity contribution >= 4 is 17.9 Å². The first-order chi connectivity index (χ1) is 12.7. The molecule has 2 N–H and O–H groups in total. The van der Waals surface area contributed by atoms with Crippen LogP contribution in [0.25, 0.3) is 0 Å². The van der Waals surface area contributed by atoms with E-state index in [9.17, 15) is 14.7 Å². The molecule has 2 rings (SSSR count). The van der Waals surface area contributed by atoms with Gasteiger partial charge in [-0.25, -0.2) is 9.59 Å². The average molecular weight is 374 g/mol. The van der Waals surface area contributed by atoms with E-state index in [2.05, 4.69) is 11.2 Å². The van der Waals surface area contributed by atoms with Gasteiger partial charge in [0.05, 0.1) is 19.3 Å². The van der Waals surface area contributed by atoms with Gasteiger partial charge in [-0.2, -0.15) is 0 Å². The van der Waals surface area contributed by atoms with Crippen LogP contribution in [0, 0.1) is 12.3 Å². The number of benzene rings is 1. The standard InChI is InChI=1S/C20H26N2O5/c1-5-15-13-26-16(12-22(15)19(24)25)11-10-14-8-6-7-9-17(14)21-18(23)27-20(2,3)4/h1,6-9,15-16H,10-13H2,2-4H3,(H,21,23)(H,24,25)/t15-,16-/m1/s1. The molecule has 0 aromatic heterocycles. The molecule has 1 aliphatic rings. The molecule has 0 spiro atoms. The highest BCUT2D eigenvalue weighted by Gasteiger charge is 2.31. The topological polar surface area (TPSA) is 88.1 Å². The molecular formula is C20H26N2O5. The van der Waals surface area contributed by atoms with Gasteiger partial charge < -0.3 is 14.6 Å². The first kappa shape index (κ1) is 20.6. The number of morpholine rings is 1. The van der Waals surface area contributed by atoms with Gasteiger partial charge in [0.25, 0.3) is 0 Å². The van der Waals surface area contributed by atoms with Crippen molar-refractivity contribution in [3.8, 4) is 12.3 Å². The lowest BCUT2D eigenvalue weighted by molar-refractivity contribution is -0.0419. The van der Waals surface area contributed by atoms with Crippen LogP contribution in [-0.2, 0) is 15.9 Å². The van der Waals surface area contributed by atoms with Gasteiger partial charge in [0, 0.05) is 5.69 Å². The number of amides is 2. The lowest BCUT2D eigenvalue weighted by Gasteiger charge is -2.35. The smallest absolute Gasteiger partial charge is 0.412 e. The van der Waals surface area contributed by atoms with Crippen molar-refractivity contribution in [1.29, 1.82) is 0 Å². The molecule has 1 aromatic carbocycles. The summed E-state index contributed by atoms with van der Waals surface area (Å²) in [5, 5.41) is 12.1. The summed E-state index contributed by atoms with van der Waals surface area (Å²) < 4.78 is 11.0. The molecule has 1 aliphatic heterocycles. The molecule has 1 fully saturated rings. The predicted octanol–water partition coefficient (Wildman–Crippen LogP) is 3.35. The van der Waals surface area contributed by atoms with Gasteiger partial charge in [0.2, 0.25) is 0 Å². The molecule has 2 amide bonds. The van der Waals surface area contributed by atoms with E-state index in [0.717, 1.165) is 5.56 Å². The number of para-hydroxylation sites is 1. The molecule has 1 heterocycles. The van der Waals surface area contributed by atoms with E-state index in [0.29, 0.717) is 18.5 Å². The highest BCUT2D eigenvalue weighted by atomic mass is 16.6. The molecule has 2 atom stereocenters. The summed E-state index contributed by atoms with van der Waals surface area (Å²) in [6.07, 6.45) is 4.78. The fraction of sp³-hybridized carbons (Fsp3) is 0.500. The van der Waals surface area contributed by atoms with Crippen molar-refractivity contribution in [3.63, 3.8) is 0 Å². The number of carboxylic acid groups (broad SMARTS) is 1. The number of hydrogen-bond acceptors (Lipinski definition) is 4. The van der Waals surface area contributed by atoms with E-state index in [4.69, 9.17) is 15.9 Å². The molecule has 1 aromatic rings. The van der Waals surface area contributed by atoms with E-state index in [-0.39, 0.29) is 19.3 Å². The molecule has 146 valence electrons. The Morgan fingerprint density at radius 1 is 1.41 bits per heavy atom. The SMILES string of the molecule is C#C[C@@H]1CO[C@H](CCc2ccccc2NC(=O)OC(C)(C)C)CN1C(=O)O. The molecule has 0 bridgehead atoms. The highest BCUT2D eigenvalue weighted by molar-refractivity contribution is 5.85. The van der Waals surface area contributed by atoms with Crippen LogP contribution in [-0.4, -0.2) is 53.1 Å². The first-order valence-electron chi connectivity index (χ1n) is 8.85. The van der Waals surface area contributed by atoms with Crippen LogP contribution in [0.5, 0.6) is 0 Å². The van der Waals surface area contributed by atoms with Crippen molar-refractivity contribution in [1.82, 2.24) is 4.90 Å². The van der Waals surface area contributed by atoms with E-state index in [1.807, 2.05) is 18.2 Å². The number of terminal acetylenes is 1. The molecule has 0 saturated carbocycles. The highest BCUT2D eigenvalue weighted by Crippen LogP contribution is 2.21. The third kappa shape index (κ3) is 6.19. The Morgan fingerprint density at radius 3 is 2.74 bits per heavy atom. The minimum atomic E-state index is -1.04. The van der Waals surface area contributed by atoms with Gasteiger partial charge in [-0.3, -0.25) is 10.2 Å². The van der Waals surface area contributed by atoms with Crippen LogP contribution in [0.15, 0.2) is 24.3 Å².